The second-order valence-electron chi connectivity index (χ2n) is 39.2. The molecule has 0 amide bonds. The van der Waals surface area contributed by atoms with Gasteiger partial charge in [-0.1, -0.05) is 237 Å². The normalized spacial score (nSPS) is 13.3. The van der Waals surface area contributed by atoms with Gasteiger partial charge >= 0.3 is 0 Å². The Morgan fingerprint density at radius 3 is 0.320 bits per heavy atom. The molecule has 1 aliphatic heterocycles. The monoisotopic (exact) mass is 2020 g/mol. The molecule has 21 nitrogen and oxygen atoms in total. The van der Waals surface area contributed by atoms with Crippen molar-refractivity contribution in [3.8, 4) is 103 Å². The Morgan fingerprint density at radius 2 is 0.224 bits per heavy atom. The number of unbranched alkanes of at least 4 members (excludes halogenated alkanes) is 24. The van der Waals surface area contributed by atoms with Crippen LogP contribution in [0.15, 0.2) is 109 Å². The largest absolute Gasteiger partial charge is 0.490 e. The predicted molar refractivity (Wildman–Crippen MR) is 603 cm³/mol. The van der Waals surface area contributed by atoms with Gasteiger partial charge in [0, 0.05) is 0 Å². The molecule has 21 heteroatoms. The Hall–Kier alpha value is -10.7. The minimum Gasteiger partial charge on any atom is -0.490 e. The van der Waals surface area contributed by atoms with E-state index in [0.29, 0.717) is 183 Å². The summed E-state index contributed by atoms with van der Waals surface area (Å²) >= 11 is 0. The molecule has 1 heterocycles. The van der Waals surface area contributed by atoms with Gasteiger partial charge in [0.25, 0.3) is 0 Å². The number of fused-ring (bicyclic) bond motifs is 21. The molecule has 0 spiro atoms. The molecule has 0 saturated heterocycles. The quantitative estimate of drug-likeness (QED) is 0.0258. The van der Waals surface area contributed by atoms with Gasteiger partial charge in [-0.2, -0.15) is 0 Å². The lowest BCUT2D eigenvalue weighted by Gasteiger charge is -2.21. The molecule has 0 radical (unpaired) electrons. The van der Waals surface area contributed by atoms with E-state index in [-0.39, 0.29) is 79.3 Å². The van der Waals surface area contributed by atoms with Crippen LogP contribution in [0.5, 0.6) is 103 Å². The van der Waals surface area contributed by atoms with Crippen molar-refractivity contribution in [1.29, 1.82) is 0 Å². The zero-order chi connectivity index (χ0) is 103. The summed E-state index contributed by atoms with van der Waals surface area (Å²) in [5.74, 6) is 11.6. The van der Waals surface area contributed by atoms with Gasteiger partial charge in [0.1, 0.15) is 39.6 Å². The average Bonchev–Trinajstić information content (AvgIpc) is 0.733. The van der Waals surface area contributed by atoms with Gasteiger partial charge in [0.15, 0.2) is 103 Å². The summed E-state index contributed by atoms with van der Waals surface area (Å²) in [6, 6.07) is 38.8. The third-order valence-electron chi connectivity index (χ3n) is 27.3. The summed E-state index contributed by atoms with van der Waals surface area (Å²) in [5.41, 5.74) is 0. The van der Waals surface area contributed by atoms with E-state index in [1.165, 1.54) is 0 Å². The highest BCUT2D eigenvalue weighted by Gasteiger charge is 2.28. The van der Waals surface area contributed by atoms with Crippen molar-refractivity contribution in [3.05, 3.63) is 109 Å². The standard InChI is InChI=1S/C126H174O21/c1-13-25-37-49-130-109-73-91-92-74-110(131-50-38-26-14-2)116(137-56-44-32-20-8)80-98(92)104-86-122-121(85-103(104)97(91)79-115(109)136-55-43-31-19-7)142-67-61-127-63-69-144-123-87-105-99-81-117(138-57-45-33-21-9)111(132-51-39-27-15-3)75-93(99)94-76-112(133-52-40-28-16-4)118(139-58-46-34-22-10)82-100(94)106(105)88-124(123)146-71-65-129-66-72-147-126-90-108-102-84-120(141-60-48-36-24-12)114(135-54-42-30-18-6)78-96(102)95-77-113(134-53-41-29-17-5)119(140-59-47-35-23-11)83-101(95)107(108)89-125(126)145-70-64-128-62-68-143-122/h73-90H,13-72H2,1-12H3. The van der Waals surface area contributed by atoms with E-state index in [9.17, 15) is 0 Å². The Balaban J connectivity index is 0.957. The molecular weight excluding hydrogens is 1850 g/mol. The van der Waals surface area contributed by atoms with Crippen LogP contribution >= 0.6 is 0 Å². The van der Waals surface area contributed by atoms with Crippen LogP contribution < -0.4 is 85.3 Å². The van der Waals surface area contributed by atoms with E-state index in [1.807, 2.05) is 0 Å². The predicted octanol–water partition coefficient (Wildman–Crippen LogP) is 33.6. The fourth-order valence-electron chi connectivity index (χ4n) is 19.1. The van der Waals surface area contributed by atoms with Crippen LogP contribution in [-0.2, 0) is 14.2 Å². The third-order valence-corrected chi connectivity index (χ3v) is 27.3. The highest BCUT2D eigenvalue weighted by atomic mass is 16.6. The Morgan fingerprint density at radius 1 is 0.129 bits per heavy atom. The zero-order valence-electron chi connectivity index (χ0n) is 91.4. The Labute approximate surface area is 876 Å². The molecule has 1 aliphatic rings. The third kappa shape index (κ3) is 32.6. The molecule has 0 bridgehead atoms. The fourth-order valence-corrected chi connectivity index (χ4v) is 19.1. The first-order valence-corrected chi connectivity index (χ1v) is 57.2. The fraction of sp³-hybridized carbons (Fsp3) is 0.571. The minimum absolute atomic E-state index is 0.169. The highest BCUT2D eigenvalue weighted by Crippen LogP contribution is 2.53. The molecule has 0 fully saturated rings. The summed E-state index contributed by atoms with van der Waals surface area (Å²) in [7, 11) is 0. The van der Waals surface area contributed by atoms with Crippen LogP contribution in [0.1, 0.15) is 314 Å². The molecule has 0 unspecified atom stereocenters. The summed E-state index contributed by atoms with van der Waals surface area (Å²) in [5, 5.41) is 17.3. The molecule has 147 heavy (non-hydrogen) atoms. The van der Waals surface area contributed by atoms with Crippen molar-refractivity contribution in [2.24, 2.45) is 0 Å². The van der Waals surface area contributed by atoms with Crippen LogP contribution in [0.4, 0.5) is 0 Å². The van der Waals surface area contributed by atoms with E-state index < -0.39 is 0 Å². The lowest BCUT2D eigenvalue weighted by molar-refractivity contribution is 0.0693. The van der Waals surface area contributed by atoms with Gasteiger partial charge in [-0.05, 0) is 283 Å². The average molecular weight is 2020 g/mol. The first-order chi connectivity index (χ1) is 72.5. The molecule has 0 aliphatic carbocycles. The number of rotatable bonds is 60. The second-order valence-corrected chi connectivity index (χ2v) is 39.2. The van der Waals surface area contributed by atoms with Crippen LogP contribution in [0.2, 0.25) is 0 Å². The van der Waals surface area contributed by atoms with E-state index in [2.05, 4.69) is 192 Å². The SMILES string of the molecule is CCCCCOc1cc2c3cc(OCCCCC)c(OCCCCC)cc3c3cc4c(cc3c2cc1OCCCCC)OCCOCCOc1cc2c3cc(OCCCCC)c(OCCCCC)cc3c3cc(OCCCCC)c(OCCCCC)cc3c2cc1OCCOCCOc1cc2c3cc(OCCCCC)c(OCCCCC)cc3c3cc(OCCCCC)c(OCCCCC)cc3c2cc1OCCOCCO4. The molecule has 0 N–H and O–H groups in total. The molecule has 13 rings (SSSR count). The second kappa shape index (κ2) is 63.3. The maximum atomic E-state index is 7.05. The van der Waals surface area contributed by atoms with Crippen LogP contribution in [0.25, 0.3) is 97.0 Å². The first kappa shape index (κ1) is 113. The lowest BCUT2D eigenvalue weighted by atomic mass is 9.93. The van der Waals surface area contributed by atoms with Crippen molar-refractivity contribution in [1.82, 2.24) is 0 Å². The van der Waals surface area contributed by atoms with Crippen molar-refractivity contribution in [3.63, 3.8) is 0 Å². The van der Waals surface area contributed by atoms with Crippen molar-refractivity contribution in [2.75, 3.05) is 159 Å². The summed E-state index contributed by atoms with van der Waals surface area (Å²) in [6.07, 6.45) is 36.4. The molecule has 804 valence electrons. The summed E-state index contributed by atoms with van der Waals surface area (Å²) in [4.78, 5) is 0. The maximum Gasteiger partial charge on any atom is 0.161 e. The molecule has 12 aromatic rings. The summed E-state index contributed by atoms with van der Waals surface area (Å²) < 4.78 is 144. The van der Waals surface area contributed by atoms with Gasteiger partial charge < -0.3 is 99.5 Å². The molecule has 12 aromatic carbocycles. The van der Waals surface area contributed by atoms with Gasteiger partial charge in [0.2, 0.25) is 0 Å². The van der Waals surface area contributed by atoms with E-state index in [4.69, 9.17) is 99.5 Å². The van der Waals surface area contributed by atoms with Crippen molar-refractivity contribution in [2.45, 2.75) is 314 Å². The van der Waals surface area contributed by atoms with Crippen LogP contribution in [0.3, 0.4) is 0 Å². The maximum absolute atomic E-state index is 7.05. The lowest BCUT2D eigenvalue weighted by Crippen LogP contribution is -2.14. The van der Waals surface area contributed by atoms with Gasteiger partial charge in [0.05, 0.1) is 119 Å². The van der Waals surface area contributed by atoms with Crippen LogP contribution in [-0.4, -0.2) is 159 Å². The van der Waals surface area contributed by atoms with Crippen molar-refractivity contribution < 1.29 is 99.5 Å². The number of hydrogen-bond donors (Lipinski definition) is 0. The molecule has 0 aromatic heterocycles. The zero-order valence-corrected chi connectivity index (χ0v) is 91.4. The van der Waals surface area contributed by atoms with E-state index >= 15 is 0 Å². The van der Waals surface area contributed by atoms with Crippen molar-refractivity contribution >= 4 is 97.0 Å². The molecular formula is C126H174O21. The number of hydrogen-bond acceptors (Lipinski definition) is 21. The first-order valence-electron chi connectivity index (χ1n) is 57.2. The van der Waals surface area contributed by atoms with Crippen LogP contribution in [0, 0.1) is 0 Å². The molecule has 0 atom stereocenters. The Kier molecular flexibility index (Phi) is 48.8. The topological polar surface area (TPSA) is 194 Å². The van der Waals surface area contributed by atoms with Gasteiger partial charge in [-0.25, -0.2) is 0 Å². The van der Waals surface area contributed by atoms with E-state index in [0.717, 1.165) is 328 Å². The Bertz CT molecular complexity index is 5060. The smallest absolute Gasteiger partial charge is 0.161 e. The number of benzene rings is 12. The van der Waals surface area contributed by atoms with Gasteiger partial charge in [-0.15, -0.1) is 0 Å². The minimum atomic E-state index is 0.169. The van der Waals surface area contributed by atoms with Gasteiger partial charge in [-0.3, -0.25) is 0 Å². The van der Waals surface area contributed by atoms with E-state index in [1.54, 1.807) is 0 Å². The molecule has 0 saturated carbocycles. The summed E-state index contributed by atoms with van der Waals surface area (Å²) in [6.45, 7) is 35.5. The highest BCUT2D eigenvalue weighted by molar-refractivity contribution is 6.29. The number of ether oxygens (including phenoxy) is 21.